The van der Waals surface area contributed by atoms with Gasteiger partial charge in [-0.05, 0) is 61.7 Å². The van der Waals surface area contributed by atoms with Crippen LogP contribution in [0.5, 0.6) is 5.75 Å². The average Bonchev–Trinajstić information content (AvgIpc) is 3.11. The smallest absolute Gasteiger partial charge is 0.136 e. The Morgan fingerprint density at radius 1 is 1.19 bits per heavy atom. The molecule has 3 aromatic carbocycles. The van der Waals surface area contributed by atoms with Crippen LogP contribution in [0, 0.1) is 17.1 Å². The SMILES string of the molecule is COCc1nc2c(C(C)(C)O)cccc2n1Cc1ccc2c(c1)COc1cc(F)ccc1C2=C(C)C#N. The number of ether oxygens (including phenoxy) is 2. The van der Waals surface area contributed by atoms with Crippen molar-refractivity contribution in [1.82, 2.24) is 9.55 Å². The number of halogens is 1. The molecule has 0 saturated heterocycles. The number of benzene rings is 3. The predicted octanol–water partition coefficient (Wildman–Crippen LogP) is 5.84. The molecule has 1 N–H and O–H groups in total. The van der Waals surface area contributed by atoms with E-state index in [1.54, 1.807) is 33.9 Å². The van der Waals surface area contributed by atoms with E-state index in [4.69, 9.17) is 14.5 Å². The van der Waals surface area contributed by atoms with Crippen molar-refractivity contribution in [2.75, 3.05) is 7.11 Å². The topological polar surface area (TPSA) is 80.3 Å². The molecule has 1 aromatic heterocycles. The molecule has 6 nitrogen and oxygen atoms in total. The lowest BCUT2D eigenvalue weighted by atomic mass is 9.90. The summed E-state index contributed by atoms with van der Waals surface area (Å²) in [5, 5.41) is 20.4. The summed E-state index contributed by atoms with van der Waals surface area (Å²) in [7, 11) is 1.63. The molecule has 0 atom stereocenters. The van der Waals surface area contributed by atoms with Crippen LogP contribution < -0.4 is 4.74 Å². The fourth-order valence-electron chi connectivity index (χ4n) is 4.98. The molecule has 0 radical (unpaired) electrons. The van der Waals surface area contributed by atoms with Crippen LogP contribution in [0.25, 0.3) is 16.6 Å². The van der Waals surface area contributed by atoms with Crippen molar-refractivity contribution < 1.29 is 19.0 Å². The summed E-state index contributed by atoms with van der Waals surface area (Å²) < 4.78 is 27.5. The lowest BCUT2D eigenvalue weighted by Crippen LogP contribution is -2.16. The van der Waals surface area contributed by atoms with E-state index in [0.29, 0.717) is 30.0 Å². The van der Waals surface area contributed by atoms with E-state index >= 15 is 0 Å². The molecule has 1 aliphatic heterocycles. The Bertz CT molecular complexity index is 1590. The van der Waals surface area contributed by atoms with Gasteiger partial charge in [0.2, 0.25) is 0 Å². The summed E-state index contributed by atoms with van der Waals surface area (Å²) in [6, 6.07) is 18.6. The van der Waals surface area contributed by atoms with Crippen molar-refractivity contribution in [2.24, 2.45) is 0 Å². The van der Waals surface area contributed by atoms with Gasteiger partial charge in [-0.15, -0.1) is 0 Å². The standard InChI is InChI=1S/C30H28FN3O3/c1-18(14-32)28-22-10-8-19(12-20(22)16-37-26-13-21(31)9-11-23(26)28)15-34-25-7-5-6-24(30(2,3)35)29(25)33-27(34)17-36-4/h5-13,35H,15-17H2,1-4H3. The fourth-order valence-corrected chi connectivity index (χ4v) is 4.98. The third-order valence-electron chi connectivity index (χ3n) is 6.71. The highest BCUT2D eigenvalue weighted by atomic mass is 19.1. The van der Waals surface area contributed by atoms with Crippen molar-refractivity contribution in [1.29, 1.82) is 5.26 Å². The number of rotatable bonds is 5. The third-order valence-corrected chi connectivity index (χ3v) is 6.71. The molecule has 7 heteroatoms. The maximum atomic E-state index is 14.0. The zero-order valence-corrected chi connectivity index (χ0v) is 21.3. The van der Waals surface area contributed by atoms with Crippen molar-refractivity contribution in [3.05, 3.63) is 99.6 Å². The summed E-state index contributed by atoms with van der Waals surface area (Å²) in [6.45, 7) is 6.36. The van der Waals surface area contributed by atoms with Crippen LogP contribution in [-0.4, -0.2) is 21.8 Å². The lowest BCUT2D eigenvalue weighted by molar-refractivity contribution is 0.0800. The molecule has 0 fully saturated rings. The van der Waals surface area contributed by atoms with Gasteiger partial charge >= 0.3 is 0 Å². The Labute approximate surface area is 215 Å². The van der Waals surface area contributed by atoms with E-state index < -0.39 is 5.60 Å². The van der Waals surface area contributed by atoms with Crippen LogP contribution in [0.15, 0.2) is 60.2 Å². The number of methoxy groups -OCH3 is 1. The van der Waals surface area contributed by atoms with E-state index in [2.05, 4.69) is 16.7 Å². The van der Waals surface area contributed by atoms with Crippen LogP contribution in [0.3, 0.4) is 0 Å². The molecule has 5 rings (SSSR count). The molecule has 2 heterocycles. The van der Waals surface area contributed by atoms with Gasteiger partial charge in [0.05, 0.1) is 22.7 Å². The fraction of sp³-hybridized carbons (Fsp3) is 0.267. The molecule has 188 valence electrons. The zero-order chi connectivity index (χ0) is 26.3. The molecule has 0 saturated carbocycles. The predicted molar refractivity (Wildman–Crippen MR) is 139 cm³/mol. The number of hydrogen-bond acceptors (Lipinski definition) is 5. The van der Waals surface area contributed by atoms with Gasteiger partial charge in [-0.2, -0.15) is 5.26 Å². The zero-order valence-electron chi connectivity index (χ0n) is 21.3. The Morgan fingerprint density at radius 2 is 1.97 bits per heavy atom. The molecule has 4 aromatic rings. The van der Waals surface area contributed by atoms with Gasteiger partial charge in [0, 0.05) is 42.0 Å². The molecule has 0 unspecified atom stereocenters. The number of nitrogens with zero attached hydrogens (tertiary/aromatic N) is 3. The van der Waals surface area contributed by atoms with E-state index in [-0.39, 0.29) is 12.4 Å². The van der Waals surface area contributed by atoms with Crippen molar-refractivity contribution in [3.8, 4) is 11.8 Å². The molecule has 0 bridgehead atoms. The normalized spacial score (nSPS) is 14.4. The monoisotopic (exact) mass is 497 g/mol. The second kappa shape index (κ2) is 9.47. The van der Waals surface area contributed by atoms with E-state index in [0.717, 1.165) is 44.7 Å². The molecule has 0 aliphatic carbocycles. The van der Waals surface area contributed by atoms with Crippen LogP contribution in [0.4, 0.5) is 4.39 Å². The van der Waals surface area contributed by atoms with Crippen molar-refractivity contribution in [3.63, 3.8) is 0 Å². The summed E-state index contributed by atoms with van der Waals surface area (Å²) in [4.78, 5) is 4.82. The van der Waals surface area contributed by atoms with Crippen molar-refractivity contribution >= 4 is 16.6 Å². The quantitative estimate of drug-likeness (QED) is 0.351. The van der Waals surface area contributed by atoms with Crippen molar-refractivity contribution in [2.45, 2.75) is 46.1 Å². The second-order valence-electron chi connectivity index (χ2n) is 9.81. The molecule has 0 amide bonds. The van der Waals surface area contributed by atoms with E-state index in [9.17, 15) is 14.8 Å². The molecule has 1 aliphatic rings. The number of fused-ring (bicyclic) bond motifs is 3. The maximum absolute atomic E-state index is 14.0. The summed E-state index contributed by atoms with van der Waals surface area (Å²) in [5.41, 5.74) is 6.16. The number of allylic oxidation sites excluding steroid dienone is 1. The minimum absolute atomic E-state index is 0.250. The highest BCUT2D eigenvalue weighted by Gasteiger charge is 2.25. The third kappa shape index (κ3) is 4.50. The first-order valence-electron chi connectivity index (χ1n) is 12.1. The number of hydrogen-bond donors (Lipinski definition) is 1. The van der Waals surface area contributed by atoms with Crippen LogP contribution in [0.1, 0.15) is 54.4 Å². The van der Waals surface area contributed by atoms with Gasteiger partial charge in [-0.25, -0.2) is 9.37 Å². The largest absolute Gasteiger partial charge is 0.488 e. The van der Waals surface area contributed by atoms with Crippen LogP contribution >= 0.6 is 0 Å². The Balaban J connectivity index is 1.61. The Hall–Kier alpha value is -3.99. The number of nitriles is 1. The van der Waals surface area contributed by atoms with Gasteiger partial charge in [-0.3, -0.25) is 0 Å². The maximum Gasteiger partial charge on any atom is 0.136 e. The number of imidazole rings is 1. The first kappa shape index (κ1) is 24.7. The van der Waals surface area contributed by atoms with Gasteiger partial charge in [0.15, 0.2) is 0 Å². The molecular formula is C30H28FN3O3. The Kier molecular flexibility index (Phi) is 6.32. The van der Waals surface area contributed by atoms with E-state index in [1.807, 2.05) is 30.3 Å². The van der Waals surface area contributed by atoms with Gasteiger partial charge in [-0.1, -0.05) is 24.3 Å². The van der Waals surface area contributed by atoms with Gasteiger partial charge in [0.1, 0.15) is 30.6 Å². The summed E-state index contributed by atoms with van der Waals surface area (Å²) >= 11 is 0. The second-order valence-corrected chi connectivity index (χ2v) is 9.81. The summed E-state index contributed by atoms with van der Waals surface area (Å²) in [6.07, 6.45) is 0. The first-order valence-corrected chi connectivity index (χ1v) is 12.1. The summed E-state index contributed by atoms with van der Waals surface area (Å²) in [5.74, 6) is 0.788. The van der Waals surface area contributed by atoms with Gasteiger partial charge in [0.25, 0.3) is 0 Å². The first-order chi connectivity index (χ1) is 17.7. The highest BCUT2D eigenvalue weighted by molar-refractivity contribution is 5.88. The molecular weight excluding hydrogens is 469 g/mol. The minimum Gasteiger partial charge on any atom is -0.488 e. The average molecular weight is 498 g/mol. The molecule has 37 heavy (non-hydrogen) atoms. The number of aliphatic hydroxyl groups is 1. The molecule has 0 spiro atoms. The number of aromatic nitrogens is 2. The van der Waals surface area contributed by atoms with E-state index in [1.165, 1.54) is 12.1 Å². The number of para-hydroxylation sites is 1. The minimum atomic E-state index is -1.04. The van der Waals surface area contributed by atoms with Gasteiger partial charge < -0.3 is 19.1 Å². The van der Waals surface area contributed by atoms with Crippen LogP contribution in [-0.2, 0) is 30.1 Å². The van der Waals surface area contributed by atoms with Crippen LogP contribution in [0.2, 0.25) is 0 Å². The lowest BCUT2D eigenvalue weighted by Gasteiger charge is -2.18. The highest BCUT2D eigenvalue weighted by Crippen LogP contribution is 2.39. The Morgan fingerprint density at radius 3 is 2.70 bits per heavy atom.